The molecule has 126 valence electrons. The maximum absolute atomic E-state index is 12.4. The van der Waals surface area contributed by atoms with Gasteiger partial charge in [-0.25, -0.2) is 0 Å². The summed E-state index contributed by atoms with van der Waals surface area (Å²) in [5, 5.41) is 21.7. The molecular formula is C16H6Na2O9. The Kier molecular flexibility index (Phi) is 6.25. The van der Waals surface area contributed by atoms with Crippen LogP contribution in [0.5, 0.6) is 5.75 Å². The van der Waals surface area contributed by atoms with Gasteiger partial charge in [0.25, 0.3) is 0 Å². The summed E-state index contributed by atoms with van der Waals surface area (Å²) >= 11 is 0. The Labute approximate surface area is 193 Å². The molecule has 1 aliphatic rings. The van der Waals surface area contributed by atoms with Gasteiger partial charge in [-0.2, -0.15) is 0 Å². The third-order valence-electron chi connectivity index (χ3n) is 3.90. The molecule has 0 fully saturated rings. The molecule has 0 radical (unpaired) electrons. The number of aromatic carboxylic acids is 2. The van der Waals surface area contributed by atoms with Crippen molar-refractivity contribution in [2.24, 2.45) is 0 Å². The Morgan fingerprint density at radius 3 is 1.93 bits per heavy atom. The normalized spacial score (nSPS) is 12.0. The molecule has 0 atom stereocenters. The molecule has 0 unspecified atom stereocenters. The van der Waals surface area contributed by atoms with E-state index in [-0.39, 0.29) is 99.8 Å². The number of hydrogen-bond acceptors (Lipinski definition) is 9. The van der Waals surface area contributed by atoms with E-state index in [1.807, 2.05) is 0 Å². The van der Waals surface area contributed by atoms with Crippen LogP contribution in [0.25, 0.3) is 21.9 Å². The monoisotopic (exact) mass is 388 g/mol. The first-order valence-electron chi connectivity index (χ1n) is 7.04. The first-order valence-corrected chi connectivity index (χ1v) is 7.04. The van der Waals surface area contributed by atoms with Gasteiger partial charge in [0.05, 0.1) is 6.61 Å². The number of hydrogen-bond donors (Lipinski definition) is 0. The second kappa shape index (κ2) is 7.78. The van der Waals surface area contributed by atoms with E-state index < -0.39 is 34.3 Å². The fourth-order valence-corrected chi connectivity index (χ4v) is 2.90. The van der Waals surface area contributed by atoms with E-state index in [4.69, 9.17) is 13.6 Å². The predicted molar refractivity (Wildman–Crippen MR) is 76.4 cm³/mol. The van der Waals surface area contributed by atoms with Crippen LogP contribution in [0.3, 0.4) is 0 Å². The van der Waals surface area contributed by atoms with Crippen molar-refractivity contribution in [2.45, 2.75) is 6.42 Å². The summed E-state index contributed by atoms with van der Waals surface area (Å²) in [6.45, 7) is 0.171. The first-order chi connectivity index (χ1) is 11.9. The van der Waals surface area contributed by atoms with Crippen molar-refractivity contribution in [1.29, 1.82) is 0 Å². The first kappa shape index (κ1) is 21.7. The minimum Gasteiger partial charge on any atom is -0.542 e. The summed E-state index contributed by atoms with van der Waals surface area (Å²) in [5.41, 5.74) is -1.73. The van der Waals surface area contributed by atoms with Crippen LogP contribution in [0.1, 0.15) is 26.7 Å². The zero-order chi connectivity index (χ0) is 17.9. The van der Waals surface area contributed by atoms with Crippen LogP contribution in [0.15, 0.2) is 30.6 Å². The van der Waals surface area contributed by atoms with Crippen molar-refractivity contribution in [1.82, 2.24) is 0 Å². The Morgan fingerprint density at radius 2 is 1.37 bits per heavy atom. The molecule has 0 aliphatic carbocycles. The maximum Gasteiger partial charge on any atom is 1.00 e. The molecule has 4 rings (SSSR count). The predicted octanol–water partition coefficient (Wildman–Crippen LogP) is -7.43. The topological polar surface area (TPSA) is 150 Å². The van der Waals surface area contributed by atoms with Crippen molar-refractivity contribution in [3.8, 4) is 5.75 Å². The van der Waals surface area contributed by atoms with Crippen molar-refractivity contribution in [3.05, 3.63) is 49.7 Å². The third-order valence-corrected chi connectivity index (χ3v) is 3.90. The molecule has 0 saturated carbocycles. The average Bonchev–Trinajstić information content (AvgIpc) is 3.03. The van der Waals surface area contributed by atoms with Crippen LogP contribution in [0.4, 0.5) is 0 Å². The summed E-state index contributed by atoms with van der Waals surface area (Å²) in [4.78, 5) is 46.8. The molecule has 0 bridgehead atoms. The van der Waals surface area contributed by atoms with E-state index in [9.17, 15) is 29.4 Å². The zero-order valence-corrected chi connectivity index (χ0v) is 18.2. The minimum atomic E-state index is -1.75. The van der Waals surface area contributed by atoms with E-state index in [0.717, 1.165) is 6.07 Å². The van der Waals surface area contributed by atoms with E-state index >= 15 is 0 Å². The second-order valence-electron chi connectivity index (χ2n) is 5.34. The van der Waals surface area contributed by atoms with Crippen LogP contribution < -0.4 is 84.9 Å². The fourth-order valence-electron chi connectivity index (χ4n) is 2.90. The van der Waals surface area contributed by atoms with Gasteiger partial charge in [0.2, 0.25) is 0 Å². The minimum absolute atomic E-state index is 0. The molecule has 0 spiro atoms. The molecule has 1 aromatic carbocycles. The van der Waals surface area contributed by atoms with Crippen LogP contribution in [-0.4, -0.2) is 18.5 Å². The standard InChI is InChI=1S/C16H8O9.2Na/c17-6-3-9(16(21)22)25-14-10(6)12-5(1-2-23-12)13-11(14)7(18)4-8(24-13)15(19)20;;/h3-4H,1-2H2,(H,19,20)(H,21,22);;/q;2*+1/p-2. The number of carbonyl (C=O) groups is 2. The Balaban J connectivity index is 0.00000131. The molecule has 3 aromatic rings. The van der Waals surface area contributed by atoms with Crippen LogP contribution in [0, 0.1) is 0 Å². The molecule has 1 aliphatic heterocycles. The van der Waals surface area contributed by atoms with Crippen molar-refractivity contribution < 1.29 is 92.5 Å². The van der Waals surface area contributed by atoms with Gasteiger partial charge in [-0.05, 0) is 0 Å². The number of benzene rings is 1. The summed E-state index contributed by atoms with van der Waals surface area (Å²) in [6, 6.07) is 1.40. The van der Waals surface area contributed by atoms with Gasteiger partial charge < -0.3 is 33.4 Å². The van der Waals surface area contributed by atoms with Gasteiger partial charge >= 0.3 is 59.1 Å². The average molecular weight is 388 g/mol. The third kappa shape index (κ3) is 3.35. The summed E-state index contributed by atoms with van der Waals surface area (Å²) in [7, 11) is 0. The molecule has 0 N–H and O–H groups in total. The Hall–Kier alpha value is -1.62. The molecular weight excluding hydrogens is 382 g/mol. The van der Waals surface area contributed by atoms with Crippen molar-refractivity contribution in [3.63, 3.8) is 0 Å². The molecule has 2 aromatic heterocycles. The van der Waals surface area contributed by atoms with Crippen molar-refractivity contribution in [2.75, 3.05) is 6.61 Å². The van der Waals surface area contributed by atoms with Gasteiger partial charge in [-0.15, -0.1) is 0 Å². The number of carbonyl (C=O) groups excluding carboxylic acids is 2. The molecule has 11 heteroatoms. The zero-order valence-electron chi connectivity index (χ0n) is 14.2. The number of ether oxygens (including phenoxy) is 1. The molecule has 9 nitrogen and oxygen atoms in total. The summed E-state index contributed by atoms with van der Waals surface area (Å²) in [6.07, 6.45) is 0.267. The molecule has 3 heterocycles. The molecule has 0 amide bonds. The van der Waals surface area contributed by atoms with E-state index in [1.165, 1.54) is 0 Å². The Morgan fingerprint density at radius 1 is 0.852 bits per heavy atom. The SMILES string of the molecule is O=C([O-])c1cc(=O)c2c(o1)c1c(c3c(=O)cc(C(=O)[O-])oc32)OCC1.[Na+].[Na+]. The smallest absolute Gasteiger partial charge is 0.542 e. The summed E-state index contributed by atoms with van der Waals surface area (Å²) in [5.74, 6) is -4.86. The quantitative estimate of drug-likeness (QED) is 0.308. The van der Waals surface area contributed by atoms with E-state index in [1.54, 1.807) is 0 Å². The van der Waals surface area contributed by atoms with E-state index in [2.05, 4.69) is 0 Å². The number of rotatable bonds is 2. The van der Waals surface area contributed by atoms with Gasteiger partial charge in [-0.1, -0.05) is 0 Å². The van der Waals surface area contributed by atoms with Gasteiger partial charge in [0.15, 0.2) is 28.0 Å². The van der Waals surface area contributed by atoms with Gasteiger partial charge in [-0.3, -0.25) is 9.59 Å². The van der Waals surface area contributed by atoms with Crippen LogP contribution in [0.2, 0.25) is 0 Å². The van der Waals surface area contributed by atoms with E-state index in [0.29, 0.717) is 11.6 Å². The molecule has 27 heavy (non-hydrogen) atoms. The maximum atomic E-state index is 12.4. The largest absolute Gasteiger partial charge is 1.00 e. The van der Waals surface area contributed by atoms with Crippen LogP contribution >= 0.6 is 0 Å². The molecule has 0 saturated heterocycles. The Bertz CT molecular complexity index is 1220. The number of carboxylic acids is 2. The van der Waals surface area contributed by atoms with Gasteiger partial charge in [0, 0.05) is 24.1 Å². The second-order valence-corrected chi connectivity index (χ2v) is 5.34. The number of carboxylic acid groups (broad SMARTS) is 2. The van der Waals surface area contributed by atoms with Crippen LogP contribution in [-0.2, 0) is 6.42 Å². The van der Waals surface area contributed by atoms with Crippen molar-refractivity contribution >= 4 is 33.9 Å². The summed E-state index contributed by atoms with van der Waals surface area (Å²) < 4.78 is 15.8. The fraction of sp³-hybridized carbons (Fsp3) is 0.125. The number of fused-ring (bicyclic) bond motifs is 6. The van der Waals surface area contributed by atoms with Gasteiger partial charge in [0.1, 0.15) is 34.0 Å².